The van der Waals surface area contributed by atoms with E-state index in [2.05, 4.69) is 53.6 Å². The fourth-order valence-corrected chi connectivity index (χ4v) is 3.19. The van der Waals surface area contributed by atoms with E-state index in [4.69, 9.17) is 5.84 Å². The minimum atomic E-state index is -0.574. The standard InChI is InChI=1S/C22H27N3O/c1-17(26)22-16-21(25(23)24-22)14-7-2-4-9-18-10-8-13-20(15-18)19-11-5-3-6-12-19/h3,5-6,8,10-13,15-17,26H,2,4,7,9,14,23H2,1H3. The van der Waals surface area contributed by atoms with Gasteiger partial charge in [-0.1, -0.05) is 61.0 Å². The summed E-state index contributed by atoms with van der Waals surface area (Å²) in [6.45, 7) is 1.70. The van der Waals surface area contributed by atoms with E-state index in [0.29, 0.717) is 5.69 Å². The van der Waals surface area contributed by atoms with Crippen molar-refractivity contribution < 1.29 is 5.11 Å². The molecule has 0 fully saturated rings. The normalized spacial score (nSPS) is 12.2. The van der Waals surface area contributed by atoms with Crippen LogP contribution in [0.4, 0.5) is 0 Å². The summed E-state index contributed by atoms with van der Waals surface area (Å²) in [6, 6.07) is 21.2. The molecule has 0 saturated heterocycles. The van der Waals surface area contributed by atoms with Crippen molar-refractivity contribution in [1.29, 1.82) is 0 Å². The first-order valence-corrected chi connectivity index (χ1v) is 9.30. The van der Waals surface area contributed by atoms with Crippen LogP contribution in [0.2, 0.25) is 0 Å². The molecule has 2 aromatic carbocycles. The number of rotatable bonds is 8. The van der Waals surface area contributed by atoms with Crippen LogP contribution in [0.3, 0.4) is 0 Å². The number of aromatic nitrogens is 2. The van der Waals surface area contributed by atoms with Crippen LogP contribution in [0.15, 0.2) is 60.7 Å². The molecule has 0 aliphatic heterocycles. The predicted molar refractivity (Wildman–Crippen MR) is 106 cm³/mol. The molecule has 3 aromatic rings. The Kier molecular flexibility index (Phi) is 6.08. The number of nitrogen functional groups attached to an aromatic ring is 1. The first kappa shape index (κ1) is 18.2. The van der Waals surface area contributed by atoms with E-state index in [9.17, 15) is 5.11 Å². The SMILES string of the molecule is CC(O)c1cc(CCCCCc2cccc(-c3ccccc3)c2)n(N)n1. The van der Waals surface area contributed by atoms with Gasteiger partial charge in [0.05, 0.1) is 17.5 Å². The first-order valence-electron chi connectivity index (χ1n) is 9.30. The molecular formula is C22H27N3O. The fraction of sp³-hybridized carbons (Fsp3) is 0.318. The summed E-state index contributed by atoms with van der Waals surface area (Å²) < 4.78 is 0. The van der Waals surface area contributed by atoms with Gasteiger partial charge in [-0.3, -0.25) is 0 Å². The van der Waals surface area contributed by atoms with Gasteiger partial charge in [0.1, 0.15) is 0 Å². The number of benzene rings is 2. The second kappa shape index (κ2) is 8.68. The van der Waals surface area contributed by atoms with Crippen LogP contribution < -0.4 is 5.84 Å². The zero-order valence-corrected chi connectivity index (χ0v) is 15.3. The zero-order valence-electron chi connectivity index (χ0n) is 15.3. The Morgan fingerprint density at radius 1 is 0.923 bits per heavy atom. The number of nitrogens with zero attached hydrogens (tertiary/aromatic N) is 2. The van der Waals surface area contributed by atoms with Crippen LogP contribution in [-0.2, 0) is 12.8 Å². The van der Waals surface area contributed by atoms with Crippen molar-refractivity contribution in [3.63, 3.8) is 0 Å². The van der Waals surface area contributed by atoms with Crippen LogP contribution in [0, 0.1) is 0 Å². The molecule has 0 bridgehead atoms. The molecule has 4 heteroatoms. The molecule has 3 N–H and O–H groups in total. The van der Waals surface area contributed by atoms with Gasteiger partial charge in [0.25, 0.3) is 0 Å². The summed E-state index contributed by atoms with van der Waals surface area (Å²) in [4.78, 5) is 1.39. The molecule has 0 aliphatic carbocycles. The summed E-state index contributed by atoms with van der Waals surface area (Å²) in [5.41, 5.74) is 5.54. The summed E-state index contributed by atoms with van der Waals surface area (Å²) in [5.74, 6) is 5.85. The highest BCUT2D eigenvalue weighted by Crippen LogP contribution is 2.21. The van der Waals surface area contributed by atoms with Gasteiger partial charge in [-0.2, -0.15) is 9.89 Å². The lowest BCUT2D eigenvalue weighted by atomic mass is 10.00. The molecule has 0 amide bonds. The molecule has 0 spiro atoms. The van der Waals surface area contributed by atoms with Crippen molar-refractivity contribution in [2.45, 2.75) is 45.1 Å². The second-order valence-corrected chi connectivity index (χ2v) is 6.81. The number of hydrogen-bond donors (Lipinski definition) is 2. The maximum atomic E-state index is 9.57. The maximum absolute atomic E-state index is 9.57. The highest BCUT2D eigenvalue weighted by Gasteiger charge is 2.09. The molecule has 0 saturated carbocycles. The average molecular weight is 349 g/mol. The monoisotopic (exact) mass is 349 g/mol. The van der Waals surface area contributed by atoms with Crippen molar-refractivity contribution in [2.24, 2.45) is 0 Å². The van der Waals surface area contributed by atoms with Crippen molar-refractivity contribution in [3.8, 4) is 11.1 Å². The quantitative estimate of drug-likeness (QED) is 0.471. The molecule has 1 heterocycles. The molecule has 0 aliphatic rings. The van der Waals surface area contributed by atoms with E-state index in [1.165, 1.54) is 21.5 Å². The number of aliphatic hydroxyl groups is 1. The van der Waals surface area contributed by atoms with Gasteiger partial charge in [-0.15, -0.1) is 0 Å². The van der Waals surface area contributed by atoms with Gasteiger partial charge < -0.3 is 10.9 Å². The number of hydrogen-bond acceptors (Lipinski definition) is 3. The minimum Gasteiger partial charge on any atom is -0.387 e. The highest BCUT2D eigenvalue weighted by molar-refractivity contribution is 5.63. The zero-order chi connectivity index (χ0) is 18.4. The third-order valence-electron chi connectivity index (χ3n) is 4.69. The molecule has 4 nitrogen and oxygen atoms in total. The molecule has 26 heavy (non-hydrogen) atoms. The Balaban J connectivity index is 1.47. The second-order valence-electron chi connectivity index (χ2n) is 6.81. The number of aryl methyl sites for hydroxylation is 2. The third kappa shape index (κ3) is 4.73. The Morgan fingerprint density at radius 3 is 2.38 bits per heavy atom. The average Bonchev–Trinajstić information content (AvgIpc) is 3.04. The highest BCUT2D eigenvalue weighted by atomic mass is 16.3. The van der Waals surface area contributed by atoms with Crippen molar-refractivity contribution in [1.82, 2.24) is 9.89 Å². The first-order chi connectivity index (χ1) is 12.6. The maximum Gasteiger partial charge on any atom is 0.0951 e. The van der Waals surface area contributed by atoms with E-state index >= 15 is 0 Å². The summed E-state index contributed by atoms with van der Waals surface area (Å²) in [7, 11) is 0. The lowest BCUT2D eigenvalue weighted by Gasteiger charge is -2.06. The van der Waals surface area contributed by atoms with Gasteiger partial charge in [0.15, 0.2) is 0 Å². The van der Waals surface area contributed by atoms with Crippen LogP contribution in [0.1, 0.15) is 49.2 Å². The molecule has 1 unspecified atom stereocenters. The van der Waals surface area contributed by atoms with E-state index in [-0.39, 0.29) is 0 Å². The van der Waals surface area contributed by atoms with Crippen molar-refractivity contribution in [2.75, 3.05) is 5.84 Å². The van der Waals surface area contributed by atoms with Crippen molar-refractivity contribution >= 4 is 0 Å². The van der Waals surface area contributed by atoms with E-state index in [1.54, 1.807) is 6.92 Å². The molecule has 1 aromatic heterocycles. The number of aliphatic hydroxyl groups excluding tert-OH is 1. The Bertz CT molecular complexity index is 824. The van der Waals surface area contributed by atoms with Gasteiger partial charge in [-0.25, -0.2) is 0 Å². The topological polar surface area (TPSA) is 64.1 Å². The Hall–Kier alpha value is -2.59. The van der Waals surface area contributed by atoms with Crippen LogP contribution >= 0.6 is 0 Å². The summed E-state index contributed by atoms with van der Waals surface area (Å²) in [6.07, 6.45) is 4.77. The molecule has 1 atom stereocenters. The van der Waals surface area contributed by atoms with Gasteiger partial charge in [0.2, 0.25) is 0 Å². The predicted octanol–water partition coefficient (Wildman–Crippen LogP) is 4.27. The lowest BCUT2D eigenvalue weighted by Crippen LogP contribution is -2.14. The number of nitrogens with two attached hydrogens (primary N) is 1. The van der Waals surface area contributed by atoms with Gasteiger partial charge in [0, 0.05) is 0 Å². The van der Waals surface area contributed by atoms with E-state index in [1.807, 2.05) is 12.1 Å². The van der Waals surface area contributed by atoms with Gasteiger partial charge in [-0.05, 0) is 55.4 Å². The van der Waals surface area contributed by atoms with Crippen LogP contribution in [0.5, 0.6) is 0 Å². The Morgan fingerprint density at radius 2 is 1.65 bits per heavy atom. The van der Waals surface area contributed by atoms with E-state index < -0.39 is 6.10 Å². The van der Waals surface area contributed by atoms with E-state index in [0.717, 1.165) is 37.8 Å². The molecular weight excluding hydrogens is 322 g/mol. The summed E-state index contributed by atoms with van der Waals surface area (Å²) >= 11 is 0. The van der Waals surface area contributed by atoms with Crippen LogP contribution in [-0.4, -0.2) is 15.0 Å². The van der Waals surface area contributed by atoms with Crippen LogP contribution in [0.25, 0.3) is 11.1 Å². The Labute approximate surface area is 155 Å². The smallest absolute Gasteiger partial charge is 0.0951 e. The fourth-order valence-electron chi connectivity index (χ4n) is 3.19. The molecule has 3 rings (SSSR count). The third-order valence-corrected chi connectivity index (χ3v) is 4.69. The molecule has 136 valence electrons. The number of unbranched alkanes of at least 4 members (excludes halogenated alkanes) is 2. The summed E-state index contributed by atoms with van der Waals surface area (Å²) in [5, 5.41) is 13.7. The van der Waals surface area contributed by atoms with Gasteiger partial charge >= 0.3 is 0 Å². The largest absolute Gasteiger partial charge is 0.387 e. The minimum absolute atomic E-state index is 0.574. The lowest BCUT2D eigenvalue weighted by molar-refractivity contribution is 0.193. The van der Waals surface area contributed by atoms with Crippen molar-refractivity contribution in [3.05, 3.63) is 77.6 Å². The molecule has 0 radical (unpaired) electrons.